The first-order valence-electron chi connectivity index (χ1n) is 24.8. The molecule has 1 N–H and O–H groups in total. The third kappa shape index (κ3) is 12.0. The summed E-state index contributed by atoms with van der Waals surface area (Å²) in [4.78, 5) is 49.3. The van der Waals surface area contributed by atoms with Crippen molar-refractivity contribution in [1.29, 1.82) is 0 Å². The van der Waals surface area contributed by atoms with Crippen molar-refractivity contribution in [3.63, 3.8) is 0 Å². The lowest BCUT2D eigenvalue weighted by molar-refractivity contribution is 1.15. The standard InChI is InChI=1S/C13H9N.C12H8N2.C12H9N.C12H10.C10H6N4.C6H4N4/c1-3-7-12-10(5-1)9-11-6-2-4-8-13(11)14-12;1-2-6-10-9(5-1)13-11-7-3-4-8-12(11)14-10;1-3-7-11-9(5-1)10-6-2-4-8-12(10)13-11;1-3-7-11(8-4-1)12-9-5-2-6-10-12;1-2-4-8-7(3-1)13-9-5-11-6-12-10(9)14-8;1-2-9-6-5(8-1)3-7-4-10-6/h1-9H;1-8H;1-8,13H;1-10H;1-6H;1-4H. The highest BCUT2D eigenvalue weighted by molar-refractivity contribution is 6.07. The molecule has 0 aliphatic carbocycles. The Bertz CT molecular complexity index is 3820. The maximum absolute atomic E-state index is 4.58. The number of H-pyrrole nitrogens is 1. The molecule has 9 aromatic carbocycles. The van der Waals surface area contributed by atoms with Crippen molar-refractivity contribution in [3.8, 4) is 11.1 Å². The Morgan fingerprint density at radius 1 is 0.260 bits per heavy atom. The Morgan fingerprint density at radius 2 is 0.623 bits per heavy atom. The molecular formula is C65H46N12. The maximum Gasteiger partial charge on any atom is 0.181 e. The van der Waals surface area contributed by atoms with Crippen LogP contribution < -0.4 is 0 Å². The smallest absolute Gasteiger partial charge is 0.181 e. The average molecular weight is 995 g/mol. The van der Waals surface area contributed by atoms with Gasteiger partial charge in [0.2, 0.25) is 0 Å². The lowest BCUT2D eigenvalue weighted by atomic mass is 10.1. The van der Waals surface area contributed by atoms with Crippen LogP contribution in [0, 0.1) is 0 Å². The number of nitrogens with one attached hydrogen (secondary N) is 1. The van der Waals surface area contributed by atoms with Crippen LogP contribution in [0.25, 0.3) is 110 Å². The third-order valence-electron chi connectivity index (χ3n) is 12.1. The van der Waals surface area contributed by atoms with Gasteiger partial charge in [-0.05, 0) is 77.9 Å². The fraction of sp³-hybridized carbons (Fsp3) is 0. The lowest BCUT2D eigenvalue weighted by Gasteiger charge is -1.99. The Hall–Kier alpha value is -10.8. The van der Waals surface area contributed by atoms with Gasteiger partial charge in [-0.25, -0.2) is 54.8 Å². The van der Waals surface area contributed by atoms with Gasteiger partial charge in [0.15, 0.2) is 11.3 Å². The summed E-state index contributed by atoms with van der Waals surface area (Å²) in [7, 11) is 0. The number of rotatable bonds is 1. The molecule has 12 nitrogen and oxygen atoms in total. The molecule has 0 aliphatic heterocycles. The number of hydrogen-bond donors (Lipinski definition) is 1. The fourth-order valence-corrected chi connectivity index (χ4v) is 8.45. The Kier molecular flexibility index (Phi) is 15.0. The number of para-hydroxylation sites is 10. The molecular weight excluding hydrogens is 949 g/mol. The van der Waals surface area contributed by atoms with Gasteiger partial charge in [0.25, 0.3) is 0 Å². The summed E-state index contributed by atoms with van der Waals surface area (Å²) in [6.45, 7) is 0. The first-order valence-corrected chi connectivity index (χ1v) is 24.8. The highest BCUT2D eigenvalue weighted by atomic mass is 15.0. The van der Waals surface area contributed by atoms with Gasteiger partial charge in [-0.2, -0.15) is 0 Å². The highest BCUT2D eigenvalue weighted by Gasteiger charge is 2.03. The van der Waals surface area contributed by atoms with Crippen LogP contribution in [0.4, 0.5) is 0 Å². The zero-order chi connectivity index (χ0) is 51.9. The Labute approximate surface area is 442 Å². The molecule has 0 unspecified atom stereocenters. The minimum Gasteiger partial charge on any atom is -0.355 e. The highest BCUT2D eigenvalue weighted by Crippen LogP contribution is 2.25. The van der Waals surface area contributed by atoms with E-state index in [1.807, 2.05) is 121 Å². The van der Waals surface area contributed by atoms with Crippen molar-refractivity contribution >= 4 is 99.0 Å². The molecule has 0 bridgehead atoms. The zero-order valence-corrected chi connectivity index (χ0v) is 41.4. The normalized spacial score (nSPS) is 10.6. The molecule has 0 saturated carbocycles. The van der Waals surface area contributed by atoms with Gasteiger partial charge in [0.1, 0.15) is 23.7 Å². The van der Waals surface area contributed by atoms with Crippen LogP contribution in [-0.4, -0.2) is 59.8 Å². The summed E-state index contributed by atoms with van der Waals surface area (Å²) in [5, 5.41) is 5.01. The van der Waals surface area contributed by atoms with Crippen LogP contribution >= 0.6 is 0 Å². The summed E-state index contributed by atoms with van der Waals surface area (Å²) >= 11 is 0. The lowest BCUT2D eigenvalue weighted by Crippen LogP contribution is -1.90. The first-order chi connectivity index (χ1) is 38.2. The molecule has 16 rings (SSSR count). The molecule has 0 amide bonds. The second-order valence-corrected chi connectivity index (χ2v) is 17.3. The number of fused-ring (bicyclic) bond motifs is 10. The average Bonchev–Trinajstić information content (AvgIpc) is 3.92. The van der Waals surface area contributed by atoms with Crippen LogP contribution in [0.1, 0.15) is 0 Å². The second-order valence-electron chi connectivity index (χ2n) is 17.3. The van der Waals surface area contributed by atoms with Crippen LogP contribution in [0.3, 0.4) is 0 Å². The van der Waals surface area contributed by atoms with Crippen molar-refractivity contribution in [3.05, 3.63) is 274 Å². The van der Waals surface area contributed by atoms with Crippen molar-refractivity contribution in [1.82, 2.24) is 59.8 Å². The third-order valence-corrected chi connectivity index (χ3v) is 12.1. The second kappa shape index (κ2) is 23.8. The van der Waals surface area contributed by atoms with Gasteiger partial charge < -0.3 is 4.98 Å². The predicted molar refractivity (Wildman–Crippen MR) is 312 cm³/mol. The van der Waals surface area contributed by atoms with Gasteiger partial charge in [0, 0.05) is 45.0 Å². The van der Waals surface area contributed by atoms with E-state index in [4.69, 9.17) is 0 Å². The number of aromatic amines is 1. The van der Waals surface area contributed by atoms with Crippen molar-refractivity contribution in [2.24, 2.45) is 0 Å². The van der Waals surface area contributed by atoms with Crippen LogP contribution in [0.5, 0.6) is 0 Å². The number of hydrogen-bond acceptors (Lipinski definition) is 11. The summed E-state index contributed by atoms with van der Waals surface area (Å²) in [5.41, 5.74) is 15.4. The van der Waals surface area contributed by atoms with Gasteiger partial charge >= 0.3 is 0 Å². The quantitative estimate of drug-likeness (QED) is 0.156. The van der Waals surface area contributed by atoms with E-state index in [-0.39, 0.29) is 0 Å². The molecule has 0 aliphatic rings. The first kappa shape index (κ1) is 48.4. The van der Waals surface area contributed by atoms with E-state index in [2.05, 4.69) is 175 Å². The van der Waals surface area contributed by atoms with E-state index in [0.29, 0.717) is 11.3 Å². The molecule has 7 aromatic heterocycles. The molecule has 77 heavy (non-hydrogen) atoms. The molecule has 366 valence electrons. The maximum atomic E-state index is 4.58. The van der Waals surface area contributed by atoms with E-state index < -0.39 is 0 Å². The zero-order valence-electron chi connectivity index (χ0n) is 41.4. The summed E-state index contributed by atoms with van der Waals surface area (Å²) in [6.07, 6.45) is 9.46. The molecule has 0 atom stereocenters. The van der Waals surface area contributed by atoms with Gasteiger partial charge in [-0.3, -0.25) is 0 Å². The van der Waals surface area contributed by atoms with Crippen molar-refractivity contribution < 1.29 is 0 Å². The molecule has 12 heteroatoms. The number of pyridine rings is 1. The molecule has 0 spiro atoms. The van der Waals surface area contributed by atoms with E-state index in [0.717, 1.165) is 55.2 Å². The Morgan fingerprint density at radius 3 is 1.12 bits per heavy atom. The van der Waals surface area contributed by atoms with E-state index in [1.165, 1.54) is 56.4 Å². The van der Waals surface area contributed by atoms with Crippen LogP contribution in [-0.2, 0) is 0 Å². The topological polar surface area (TPSA) is 158 Å². The van der Waals surface area contributed by atoms with Crippen LogP contribution in [0.2, 0.25) is 0 Å². The molecule has 16 aromatic rings. The van der Waals surface area contributed by atoms with Gasteiger partial charge in [0.05, 0.1) is 56.5 Å². The van der Waals surface area contributed by atoms with E-state index in [9.17, 15) is 0 Å². The van der Waals surface area contributed by atoms with Gasteiger partial charge in [-0.1, -0.05) is 170 Å². The van der Waals surface area contributed by atoms with E-state index in [1.54, 1.807) is 24.8 Å². The minimum atomic E-state index is 0.637. The monoisotopic (exact) mass is 994 g/mol. The minimum absolute atomic E-state index is 0.637. The Balaban J connectivity index is 0.0000000986. The van der Waals surface area contributed by atoms with E-state index >= 15 is 0 Å². The predicted octanol–water partition coefficient (Wildman–Crippen LogP) is 14.8. The fourth-order valence-electron chi connectivity index (χ4n) is 8.45. The summed E-state index contributed by atoms with van der Waals surface area (Å²) in [5.74, 6) is 0. The SMILES string of the molecule is c1ccc(-c2ccccc2)cc1.c1ccc2c(c1)[nH]c1ccccc12.c1ccc2nc3ccccc3cc2c1.c1ccc2nc3ccccc3nc2c1.c1ccc2nc3ncncc3nc2c1.c1cnc2ncncc2n1. The molecule has 7 heterocycles. The summed E-state index contributed by atoms with van der Waals surface area (Å²) in [6, 6.07) is 79.7. The summed E-state index contributed by atoms with van der Waals surface area (Å²) < 4.78 is 0. The number of aromatic nitrogens is 12. The number of benzene rings is 9. The molecule has 0 radical (unpaired) electrons. The van der Waals surface area contributed by atoms with Crippen LogP contribution in [0.15, 0.2) is 274 Å². The number of nitrogens with zero attached hydrogens (tertiary/aromatic N) is 11. The van der Waals surface area contributed by atoms with Crippen molar-refractivity contribution in [2.45, 2.75) is 0 Å². The largest absolute Gasteiger partial charge is 0.355 e. The molecule has 0 fully saturated rings. The van der Waals surface area contributed by atoms with Crippen molar-refractivity contribution in [2.75, 3.05) is 0 Å². The van der Waals surface area contributed by atoms with Gasteiger partial charge in [-0.15, -0.1) is 0 Å². The molecule has 0 saturated heterocycles.